The molecule has 0 atom stereocenters. The molecule has 184 valence electrons. The predicted octanol–water partition coefficient (Wildman–Crippen LogP) is 3.30. The van der Waals surface area contributed by atoms with Gasteiger partial charge in [-0.3, -0.25) is 0 Å². The van der Waals surface area contributed by atoms with Crippen LogP contribution in [-0.2, 0) is 0 Å². The van der Waals surface area contributed by atoms with E-state index in [-0.39, 0.29) is 6.03 Å². The number of benzene rings is 1. The van der Waals surface area contributed by atoms with E-state index in [1.54, 1.807) is 23.2 Å². The highest BCUT2D eigenvalue weighted by molar-refractivity contribution is 5.90. The van der Waals surface area contributed by atoms with Crippen LogP contribution >= 0.6 is 0 Å². The number of hydrogen-bond donors (Lipinski definition) is 2. The molecule has 1 fully saturated rings. The minimum atomic E-state index is -0.200. The number of ether oxygens (including phenoxy) is 3. The highest BCUT2D eigenvalue weighted by Gasteiger charge is 2.23. The third-order valence-corrected chi connectivity index (χ3v) is 5.63. The molecule has 0 radical (unpaired) electrons. The molecule has 1 saturated heterocycles. The molecule has 1 aromatic carbocycles. The Labute approximate surface area is 204 Å². The van der Waals surface area contributed by atoms with Crippen LogP contribution in [0, 0.1) is 6.92 Å². The number of anilines is 4. The molecule has 11 heteroatoms. The number of hydrogen-bond acceptors (Lipinski definition) is 9. The van der Waals surface area contributed by atoms with E-state index in [4.69, 9.17) is 14.2 Å². The van der Waals surface area contributed by atoms with Crippen LogP contribution in [-0.4, -0.2) is 73.4 Å². The zero-order valence-corrected chi connectivity index (χ0v) is 20.2. The van der Waals surface area contributed by atoms with Crippen molar-refractivity contribution in [2.24, 2.45) is 0 Å². The summed E-state index contributed by atoms with van der Waals surface area (Å²) in [4.78, 5) is 29.8. The number of rotatable bonds is 7. The van der Waals surface area contributed by atoms with E-state index >= 15 is 0 Å². The maximum absolute atomic E-state index is 12.9. The van der Waals surface area contributed by atoms with Gasteiger partial charge in [0.25, 0.3) is 0 Å². The number of carbonyl (C=O) groups excluding carboxylic acids is 1. The van der Waals surface area contributed by atoms with E-state index in [1.165, 1.54) is 27.7 Å². The zero-order valence-electron chi connectivity index (χ0n) is 20.2. The van der Waals surface area contributed by atoms with E-state index in [1.807, 2.05) is 25.1 Å². The van der Waals surface area contributed by atoms with Crippen LogP contribution in [0.5, 0.6) is 17.2 Å². The molecule has 3 heterocycles. The van der Waals surface area contributed by atoms with Crippen molar-refractivity contribution in [3.05, 3.63) is 48.4 Å². The number of nitrogens with one attached hydrogen (secondary N) is 2. The maximum atomic E-state index is 12.9. The van der Waals surface area contributed by atoms with Gasteiger partial charge in [0.2, 0.25) is 5.75 Å². The number of aromatic nitrogens is 3. The molecule has 4 rings (SSSR count). The summed E-state index contributed by atoms with van der Waals surface area (Å²) in [6.07, 6.45) is 3.28. The Morgan fingerprint density at radius 3 is 2.20 bits per heavy atom. The van der Waals surface area contributed by atoms with Gasteiger partial charge in [-0.15, -0.1) is 0 Å². The fourth-order valence-electron chi connectivity index (χ4n) is 3.82. The van der Waals surface area contributed by atoms with Crippen molar-refractivity contribution in [1.29, 1.82) is 0 Å². The quantitative estimate of drug-likeness (QED) is 0.527. The summed E-state index contributed by atoms with van der Waals surface area (Å²) in [6.45, 7) is 4.38. The van der Waals surface area contributed by atoms with Gasteiger partial charge in [-0.2, -0.15) is 0 Å². The molecule has 0 aliphatic carbocycles. The van der Waals surface area contributed by atoms with E-state index in [2.05, 4.69) is 30.5 Å². The molecule has 1 aliphatic rings. The molecular formula is C24H29N7O4. The maximum Gasteiger partial charge on any atom is 0.321 e. The summed E-state index contributed by atoms with van der Waals surface area (Å²) in [7, 11) is 4.61. The second-order valence-corrected chi connectivity index (χ2v) is 7.92. The standard InChI is InChI=1S/C24H29N7O4/c1-16-5-6-25-20(11-16)29-21-14-22(27-15-26-21)30-7-9-31(10-8-30)24(32)28-17-12-18(33-2)23(35-4)19(13-17)34-3/h5-6,11-15H,7-10H2,1-4H3,(H,28,32)(H,25,26,27,29). The summed E-state index contributed by atoms with van der Waals surface area (Å²) >= 11 is 0. The average Bonchev–Trinajstić information content (AvgIpc) is 2.88. The largest absolute Gasteiger partial charge is 0.493 e. The third kappa shape index (κ3) is 5.62. The van der Waals surface area contributed by atoms with Crippen molar-refractivity contribution in [2.75, 3.05) is 63.0 Å². The van der Waals surface area contributed by atoms with Gasteiger partial charge in [-0.25, -0.2) is 19.7 Å². The van der Waals surface area contributed by atoms with Gasteiger partial charge in [0.15, 0.2) is 11.5 Å². The summed E-state index contributed by atoms with van der Waals surface area (Å²) in [5, 5.41) is 6.13. The van der Waals surface area contributed by atoms with Crippen molar-refractivity contribution in [1.82, 2.24) is 19.9 Å². The summed E-state index contributed by atoms with van der Waals surface area (Å²) in [6, 6.07) is 8.98. The van der Waals surface area contributed by atoms with Gasteiger partial charge in [-0.05, 0) is 24.6 Å². The molecule has 2 N–H and O–H groups in total. The Morgan fingerprint density at radius 1 is 0.886 bits per heavy atom. The Bertz CT molecular complexity index is 1160. The number of pyridine rings is 1. The Morgan fingerprint density at radius 2 is 1.57 bits per heavy atom. The first-order chi connectivity index (χ1) is 17.0. The normalized spacial score (nSPS) is 13.3. The zero-order chi connectivity index (χ0) is 24.8. The number of carbonyl (C=O) groups is 1. The van der Waals surface area contributed by atoms with E-state index in [0.717, 1.165) is 17.2 Å². The van der Waals surface area contributed by atoms with Crippen molar-refractivity contribution in [2.45, 2.75) is 6.92 Å². The van der Waals surface area contributed by atoms with Crippen LogP contribution in [0.2, 0.25) is 0 Å². The molecule has 35 heavy (non-hydrogen) atoms. The average molecular weight is 480 g/mol. The lowest BCUT2D eigenvalue weighted by molar-refractivity contribution is 0.208. The van der Waals surface area contributed by atoms with Crippen molar-refractivity contribution in [3.63, 3.8) is 0 Å². The Kier molecular flexibility index (Phi) is 7.34. The smallest absolute Gasteiger partial charge is 0.321 e. The van der Waals surface area contributed by atoms with Gasteiger partial charge in [-0.1, -0.05) is 0 Å². The lowest BCUT2D eigenvalue weighted by atomic mass is 10.2. The van der Waals surface area contributed by atoms with Crippen LogP contribution in [0.3, 0.4) is 0 Å². The number of methoxy groups -OCH3 is 3. The molecule has 2 aromatic heterocycles. The van der Waals surface area contributed by atoms with Crippen molar-refractivity contribution >= 4 is 29.2 Å². The highest BCUT2D eigenvalue weighted by atomic mass is 16.5. The first-order valence-corrected chi connectivity index (χ1v) is 11.1. The number of amides is 2. The van der Waals surface area contributed by atoms with Gasteiger partial charge in [0, 0.05) is 50.6 Å². The minimum absolute atomic E-state index is 0.200. The van der Waals surface area contributed by atoms with Gasteiger partial charge < -0.3 is 34.6 Å². The lowest BCUT2D eigenvalue weighted by Gasteiger charge is -2.35. The summed E-state index contributed by atoms with van der Waals surface area (Å²) < 4.78 is 16.1. The van der Waals surface area contributed by atoms with E-state index < -0.39 is 0 Å². The van der Waals surface area contributed by atoms with Gasteiger partial charge in [0.1, 0.15) is 23.8 Å². The third-order valence-electron chi connectivity index (χ3n) is 5.63. The molecule has 0 bridgehead atoms. The molecule has 1 aliphatic heterocycles. The molecule has 11 nitrogen and oxygen atoms in total. The lowest BCUT2D eigenvalue weighted by Crippen LogP contribution is -2.50. The fraction of sp³-hybridized carbons (Fsp3) is 0.333. The Hall–Kier alpha value is -4.28. The first kappa shape index (κ1) is 23.9. The summed E-state index contributed by atoms with van der Waals surface area (Å²) in [5.41, 5.74) is 1.67. The fourth-order valence-corrected chi connectivity index (χ4v) is 3.82. The Balaban J connectivity index is 1.37. The van der Waals surface area contributed by atoms with E-state index in [0.29, 0.717) is 54.9 Å². The van der Waals surface area contributed by atoms with Crippen LogP contribution in [0.4, 0.5) is 27.9 Å². The van der Waals surface area contributed by atoms with Crippen molar-refractivity contribution < 1.29 is 19.0 Å². The molecule has 0 saturated carbocycles. The van der Waals surface area contributed by atoms with Gasteiger partial charge >= 0.3 is 6.03 Å². The van der Waals surface area contributed by atoms with Crippen molar-refractivity contribution in [3.8, 4) is 17.2 Å². The van der Waals surface area contributed by atoms with Crippen LogP contribution in [0.15, 0.2) is 42.9 Å². The topological polar surface area (TPSA) is 114 Å². The van der Waals surface area contributed by atoms with E-state index in [9.17, 15) is 4.79 Å². The van der Waals surface area contributed by atoms with Crippen LogP contribution < -0.4 is 29.7 Å². The number of urea groups is 1. The first-order valence-electron chi connectivity index (χ1n) is 11.1. The SMILES string of the molecule is COc1cc(NC(=O)N2CCN(c3cc(Nc4cc(C)ccn4)ncn3)CC2)cc(OC)c1OC. The molecular weight excluding hydrogens is 450 g/mol. The molecule has 0 unspecified atom stereocenters. The number of aryl methyl sites for hydroxylation is 1. The second kappa shape index (κ2) is 10.8. The number of piperazine rings is 1. The van der Waals surface area contributed by atoms with Gasteiger partial charge in [0.05, 0.1) is 27.0 Å². The van der Waals surface area contributed by atoms with Crippen LogP contribution in [0.1, 0.15) is 5.56 Å². The number of nitrogens with zero attached hydrogens (tertiary/aromatic N) is 5. The monoisotopic (exact) mass is 479 g/mol. The molecule has 2 amide bonds. The molecule has 0 spiro atoms. The van der Waals surface area contributed by atoms with Crippen LogP contribution in [0.25, 0.3) is 0 Å². The minimum Gasteiger partial charge on any atom is -0.493 e. The highest BCUT2D eigenvalue weighted by Crippen LogP contribution is 2.40. The predicted molar refractivity (Wildman–Crippen MR) is 133 cm³/mol. The molecule has 3 aromatic rings. The second-order valence-electron chi connectivity index (χ2n) is 7.92. The summed E-state index contributed by atoms with van der Waals surface area (Å²) in [5.74, 6) is 3.60.